The quantitative estimate of drug-likeness (QED) is 0.677. The molecule has 1 aromatic carbocycles. The summed E-state index contributed by atoms with van der Waals surface area (Å²) in [5, 5.41) is 3.00. The van der Waals surface area contributed by atoms with Gasteiger partial charge in [-0.15, -0.1) is 0 Å². The van der Waals surface area contributed by atoms with Gasteiger partial charge >= 0.3 is 5.51 Å². The van der Waals surface area contributed by atoms with E-state index in [1.165, 1.54) is 12.1 Å². The molecule has 1 fully saturated rings. The van der Waals surface area contributed by atoms with E-state index >= 15 is 0 Å². The smallest absolute Gasteiger partial charge is 0.371 e. The zero-order valence-electron chi connectivity index (χ0n) is 9.26. The third kappa shape index (κ3) is 3.86. The number of nitrogens with one attached hydrogen (secondary N) is 1. The minimum Gasteiger partial charge on any atom is -0.371 e. The van der Waals surface area contributed by atoms with Crippen LogP contribution in [0.3, 0.4) is 0 Å². The second-order valence-electron chi connectivity index (χ2n) is 3.89. The van der Waals surface area contributed by atoms with Crippen molar-refractivity contribution < 1.29 is 22.3 Å². The molecule has 0 radical (unpaired) electrons. The average Bonchev–Trinajstić information content (AvgIpc) is 2.16. The molecule has 100 valence electrons. The summed E-state index contributed by atoms with van der Waals surface area (Å²) in [6.45, 7) is 1.53. The Kier molecular flexibility index (Phi) is 4.14. The lowest BCUT2D eigenvalue weighted by Crippen LogP contribution is -2.48. The van der Waals surface area contributed by atoms with Crippen molar-refractivity contribution in [2.45, 2.75) is 23.1 Å². The Balaban J connectivity index is 1.95. The molecule has 0 spiro atoms. The predicted molar refractivity (Wildman–Crippen MR) is 59.8 cm³/mol. The number of ether oxygens (including phenoxy) is 1. The van der Waals surface area contributed by atoms with Gasteiger partial charge in [0.15, 0.2) is 0 Å². The molecule has 1 heterocycles. The van der Waals surface area contributed by atoms with Gasteiger partial charge in [-0.2, -0.15) is 13.2 Å². The molecule has 1 aromatic rings. The molecular formula is C11H11F4NOS. The van der Waals surface area contributed by atoms with Gasteiger partial charge in [0.2, 0.25) is 0 Å². The van der Waals surface area contributed by atoms with Crippen LogP contribution in [0.4, 0.5) is 17.6 Å². The van der Waals surface area contributed by atoms with E-state index in [0.29, 0.717) is 0 Å². The van der Waals surface area contributed by atoms with Gasteiger partial charge in [-0.05, 0) is 23.9 Å². The molecule has 2 rings (SSSR count). The van der Waals surface area contributed by atoms with Gasteiger partial charge in [-0.3, -0.25) is 0 Å². The van der Waals surface area contributed by atoms with Crippen LogP contribution in [0.1, 0.15) is 5.56 Å². The lowest BCUT2D eigenvalue weighted by atomic mass is 10.2. The number of hydrogen-bond acceptors (Lipinski definition) is 3. The van der Waals surface area contributed by atoms with Crippen LogP contribution in [0.15, 0.2) is 23.1 Å². The topological polar surface area (TPSA) is 21.3 Å². The van der Waals surface area contributed by atoms with Gasteiger partial charge < -0.3 is 10.1 Å². The van der Waals surface area contributed by atoms with E-state index in [1.54, 1.807) is 0 Å². The number of thioether (sulfide) groups is 1. The van der Waals surface area contributed by atoms with Crippen molar-refractivity contribution in [2.75, 3.05) is 13.1 Å². The summed E-state index contributed by atoms with van der Waals surface area (Å²) in [6, 6.07) is 3.46. The molecule has 0 aliphatic carbocycles. The average molecular weight is 281 g/mol. The largest absolute Gasteiger partial charge is 0.446 e. The van der Waals surface area contributed by atoms with Crippen molar-refractivity contribution in [1.29, 1.82) is 0 Å². The maximum absolute atomic E-state index is 13.5. The first-order chi connectivity index (χ1) is 8.44. The van der Waals surface area contributed by atoms with Crippen molar-refractivity contribution in [1.82, 2.24) is 5.32 Å². The van der Waals surface area contributed by atoms with Gasteiger partial charge in [0.1, 0.15) is 5.82 Å². The minimum absolute atomic E-state index is 0.0635. The van der Waals surface area contributed by atoms with Crippen LogP contribution in [0.2, 0.25) is 0 Å². The van der Waals surface area contributed by atoms with E-state index in [2.05, 4.69) is 5.32 Å². The standard InChI is InChI=1S/C11H11F4NOS/c12-10-3-9(18-11(13,14)15)2-1-7(10)6-17-8-4-16-5-8/h1-3,8,16H,4-6H2. The Morgan fingerprint density at radius 2 is 2.06 bits per heavy atom. The number of hydrogen-bond donors (Lipinski definition) is 1. The van der Waals surface area contributed by atoms with Crippen molar-refractivity contribution in [3.63, 3.8) is 0 Å². The number of benzene rings is 1. The summed E-state index contributed by atoms with van der Waals surface area (Å²) < 4.78 is 55.1. The van der Waals surface area contributed by atoms with Crippen molar-refractivity contribution in [2.24, 2.45) is 0 Å². The van der Waals surface area contributed by atoms with Crippen LogP contribution in [0.5, 0.6) is 0 Å². The van der Waals surface area contributed by atoms with Crippen molar-refractivity contribution in [3.8, 4) is 0 Å². The molecule has 1 saturated heterocycles. The lowest BCUT2D eigenvalue weighted by molar-refractivity contribution is -0.0328. The van der Waals surface area contributed by atoms with E-state index < -0.39 is 11.3 Å². The van der Waals surface area contributed by atoms with Crippen LogP contribution in [-0.2, 0) is 11.3 Å². The van der Waals surface area contributed by atoms with E-state index in [9.17, 15) is 17.6 Å². The highest BCUT2D eigenvalue weighted by Gasteiger charge is 2.29. The van der Waals surface area contributed by atoms with E-state index in [0.717, 1.165) is 19.2 Å². The molecule has 1 N–H and O–H groups in total. The van der Waals surface area contributed by atoms with Crippen LogP contribution < -0.4 is 5.32 Å². The number of alkyl halides is 3. The summed E-state index contributed by atoms with van der Waals surface area (Å²) in [5.41, 5.74) is -4.13. The molecule has 1 aliphatic rings. The van der Waals surface area contributed by atoms with Gasteiger partial charge in [-0.25, -0.2) is 4.39 Å². The first-order valence-corrected chi connectivity index (χ1v) is 6.12. The molecule has 1 aliphatic heterocycles. The zero-order chi connectivity index (χ0) is 13.2. The Labute approximate surface area is 106 Å². The van der Waals surface area contributed by atoms with Gasteiger partial charge in [-0.1, -0.05) is 6.07 Å². The number of rotatable bonds is 4. The minimum atomic E-state index is -4.40. The molecule has 0 aromatic heterocycles. The van der Waals surface area contributed by atoms with Gasteiger partial charge in [0, 0.05) is 23.5 Å². The molecule has 0 amide bonds. The lowest BCUT2D eigenvalue weighted by Gasteiger charge is -2.27. The molecule has 2 nitrogen and oxygen atoms in total. The van der Waals surface area contributed by atoms with Crippen LogP contribution in [0.25, 0.3) is 0 Å². The highest BCUT2D eigenvalue weighted by molar-refractivity contribution is 8.00. The second kappa shape index (κ2) is 5.46. The normalized spacial score (nSPS) is 16.7. The molecule has 7 heteroatoms. The molecule has 0 unspecified atom stereocenters. The highest BCUT2D eigenvalue weighted by atomic mass is 32.2. The Morgan fingerprint density at radius 1 is 1.33 bits per heavy atom. The summed E-state index contributed by atoms with van der Waals surface area (Å²) in [7, 11) is 0. The molecular weight excluding hydrogens is 270 g/mol. The first-order valence-electron chi connectivity index (χ1n) is 5.30. The summed E-state index contributed by atoms with van der Waals surface area (Å²) >= 11 is -0.327. The van der Waals surface area contributed by atoms with E-state index in [4.69, 9.17) is 4.74 Å². The monoisotopic (exact) mass is 281 g/mol. The summed E-state index contributed by atoms with van der Waals surface area (Å²) in [6.07, 6.45) is 0.0635. The van der Waals surface area contributed by atoms with Gasteiger partial charge in [0.25, 0.3) is 0 Å². The van der Waals surface area contributed by atoms with Gasteiger partial charge in [0.05, 0.1) is 12.7 Å². The first kappa shape index (κ1) is 13.6. The third-order valence-corrected chi connectivity index (χ3v) is 3.20. The zero-order valence-corrected chi connectivity index (χ0v) is 10.1. The molecule has 0 bridgehead atoms. The maximum atomic E-state index is 13.5. The fourth-order valence-corrected chi connectivity index (χ4v) is 2.00. The Hall–Kier alpha value is -0.790. The van der Waals surface area contributed by atoms with Crippen LogP contribution in [-0.4, -0.2) is 24.7 Å². The maximum Gasteiger partial charge on any atom is 0.446 e. The second-order valence-corrected chi connectivity index (χ2v) is 5.03. The molecule has 18 heavy (non-hydrogen) atoms. The van der Waals surface area contributed by atoms with Crippen molar-refractivity contribution in [3.05, 3.63) is 29.6 Å². The van der Waals surface area contributed by atoms with E-state index in [-0.39, 0.29) is 34.9 Å². The summed E-state index contributed by atoms with van der Waals surface area (Å²) in [4.78, 5) is -0.158. The predicted octanol–water partition coefficient (Wildman–Crippen LogP) is 2.93. The third-order valence-electron chi connectivity index (χ3n) is 2.48. The SMILES string of the molecule is Fc1cc(SC(F)(F)F)ccc1COC1CNC1. The van der Waals surface area contributed by atoms with E-state index in [1.807, 2.05) is 0 Å². The number of halogens is 4. The fourth-order valence-electron chi connectivity index (χ4n) is 1.43. The van der Waals surface area contributed by atoms with Crippen molar-refractivity contribution >= 4 is 11.8 Å². The van der Waals surface area contributed by atoms with Crippen LogP contribution >= 0.6 is 11.8 Å². The Bertz CT molecular complexity index is 420. The highest BCUT2D eigenvalue weighted by Crippen LogP contribution is 2.37. The summed E-state index contributed by atoms with van der Waals surface area (Å²) in [5.74, 6) is -0.670. The fraction of sp³-hybridized carbons (Fsp3) is 0.455. The Morgan fingerprint density at radius 3 is 2.56 bits per heavy atom. The molecule has 0 atom stereocenters. The van der Waals surface area contributed by atoms with Crippen LogP contribution in [0, 0.1) is 5.82 Å². The molecule has 0 saturated carbocycles.